The molecule has 0 bridgehead atoms. The maximum Gasteiger partial charge on any atom is 0.337 e. The molecule has 118 valence electrons. The number of methoxy groups -OCH3 is 2. The lowest BCUT2D eigenvalue weighted by Gasteiger charge is -2.33. The van der Waals surface area contributed by atoms with Crippen LogP contribution in [-0.4, -0.2) is 38.2 Å². The summed E-state index contributed by atoms with van der Waals surface area (Å²) in [6, 6.07) is 4.01. The summed E-state index contributed by atoms with van der Waals surface area (Å²) in [4.78, 5) is 25.6. The molecule has 0 spiro atoms. The first-order chi connectivity index (χ1) is 10.4. The molecule has 1 heterocycles. The first-order valence-electron chi connectivity index (χ1n) is 6.57. The number of nitrogens with one attached hydrogen (secondary N) is 1. The monoisotopic (exact) mass is 324 g/mol. The van der Waals surface area contributed by atoms with Crippen LogP contribution in [-0.2, 0) is 9.53 Å². The Labute approximate surface area is 133 Å². The van der Waals surface area contributed by atoms with Crippen molar-refractivity contribution < 1.29 is 19.1 Å². The lowest BCUT2D eigenvalue weighted by molar-refractivity contribution is -0.136. The van der Waals surface area contributed by atoms with Gasteiger partial charge in [0.15, 0.2) is 0 Å². The highest BCUT2D eigenvalue weighted by atomic mass is 35.5. The SMILES string of the molecule is COC(=O)C1=C(C)N(C)C(=O)N[C@H]1c1cc(Cl)ccc1OC. The van der Waals surface area contributed by atoms with Crippen LogP contribution in [0.15, 0.2) is 29.5 Å². The Hall–Kier alpha value is -2.21. The van der Waals surface area contributed by atoms with Gasteiger partial charge in [0, 0.05) is 23.3 Å². The Morgan fingerprint density at radius 3 is 2.64 bits per heavy atom. The van der Waals surface area contributed by atoms with Crippen molar-refractivity contribution in [3.8, 4) is 5.75 Å². The quantitative estimate of drug-likeness (QED) is 0.867. The third-order valence-corrected chi connectivity index (χ3v) is 3.90. The van der Waals surface area contributed by atoms with Crippen LogP contribution >= 0.6 is 11.6 Å². The molecule has 22 heavy (non-hydrogen) atoms. The zero-order valence-electron chi connectivity index (χ0n) is 12.8. The largest absolute Gasteiger partial charge is 0.496 e. The fourth-order valence-corrected chi connectivity index (χ4v) is 2.55. The Morgan fingerprint density at radius 1 is 1.36 bits per heavy atom. The molecule has 0 aromatic heterocycles. The maximum absolute atomic E-state index is 12.2. The van der Waals surface area contributed by atoms with Crippen LogP contribution in [0.25, 0.3) is 0 Å². The van der Waals surface area contributed by atoms with Gasteiger partial charge in [0.25, 0.3) is 0 Å². The van der Waals surface area contributed by atoms with Crippen molar-refractivity contribution in [1.29, 1.82) is 0 Å². The van der Waals surface area contributed by atoms with Crippen LogP contribution in [0.4, 0.5) is 4.79 Å². The van der Waals surface area contributed by atoms with Gasteiger partial charge in [-0.25, -0.2) is 9.59 Å². The van der Waals surface area contributed by atoms with E-state index in [1.165, 1.54) is 19.1 Å². The van der Waals surface area contributed by atoms with Crippen LogP contribution < -0.4 is 10.1 Å². The normalized spacial score (nSPS) is 18.1. The lowest BCUT2D eigenvalue weighted by atomic mass is 9.94. The number of amides is 2. The Balaban J connectivity index is 2.64. The van der Waals surface area contributed by atoms with Crippen molar-refractivity contribution in [2.75, 3.05) is 21.3 Å². The van der Waals surface area contributed by atoms with E-state index in [0.29, 0.717) is 27.6 Å². The number of allylic oxidation sites excluding steroid dienone is 1. The van der Waals surface area contributed by atoms with E-state index in [-0.39, 0.29) is 6.03 Å². The fourth-order valence-electron chi connectivity index (χ4n) is 2.37. The van der Waals surface area contributed by atoms with E-state index in [1.54, 1.807) is 32.2 Å². The molecule has 1 aromatic carbocycles. The second-order valence-corrected chi connectivity index (χ2v) is 5.25. The van der Waals surface area contributed by atoms with Crippen molar-refractivity contribution in [2.24, 2.45) is 0 Å². The first kappa shape index (κ1) is 16.2. The predicted octanol–water partition coefficient (Wildman–Crippen LogP) is 2.49. The van der Waals surface area contributed by atoms with Gasteiger partial charge in [-0.1, -0.05) is 11.6 Å². The van der Waals surface area contributed by atoms with Crippen molar-refractivity contribution >= 4 is 23.6 Å². The highest BCUT2D eigenvalue weighted by molar-refractivity contribution is 6.30. The average Bonchev–Trinajstić information content (AvgIpc) is 2.51. The highest BCUT2D eigenvalue weighted by Crippen LogP contribution is 2.36. The summed E-state index contributed by atoms with van der Waals surface area (Å²) in [5.41, 5.74) is 1.45. The third kappa shape index (κ3) is 2.74. The number of hydrogen-bond donors (Lipinski definition) is 1. The molecule has 0 radical (unpaired) electrons. The highest BCUT2D eigenvalue weighted by Gasteiger charge is 2.36. The smallest absolute Gasteiger partial charge is 0.337 e. The molecular weight excluding hydrogens is 308 g/mol. The minimum Gasteiger partial charge on any atom is -0.496 e. The van der Waals surface area contributed by atoms with E-state index in [9.17, 15) is 9.59 Å². The minimum absolute atomic E-state index is 0.322. The fraction of sp³-hybridized carbons (Fsp3) is 0.333. The van der Waals surface area contributed by atoms with Gasteiger partial charge in [-0.2, -0.15) is 0 Å². The van der Waals surface area contributed by atoms with Gasteiger partial charge in [-0.15, -0.1) is 0 Å². The third-order valence-electron chi connectivity index (χ3n) is 3.66. The van der Waals surface area contributed by atoms with Gasteiger partial charge < -0.3 is 19.7 Å². The number of esters is 1. The number of rotatable bonds is 3. The average molecular weight is 325 g/mol. The molecule has 0 unspecified atom stereocenters. The summed E-state index contributed by atoms with van der Waals surface area (Å²) in [5.74, 6) is 0.00448. The number of ether oxygens (including phenoxy) is 2. The zero-order valence-corrected chi connectivity index (χ0v) is 13.5. The van der Waals surface area contributed by atoms with E-state index in [2.05, 4.69) is 5.32 Å². The molecule has 0 saturated heterocycles. The number of carbonyl (C=O) groups excluding carboxylic acids is 2. The molecule has 1 aromatic rings. The number of carbonyl (C=O) groups is 2. The topological polar surface area (TPSA) is 67.9 Å². The maximum atomic E-state index is 12.2. The van der Waals surface area contributed by atoms with Gasteiger partial charge in [-0.3, -0.25) is 0 Å². The van der Waals surface area contributed by atoms with Gasteiger partial charge >= 0.3 is 12.0 Å². The number of hydrogen-bond acceptors (Lipinski definition) is 4. The molecule has 0 saturated carbocycles. The number of urea groups is 1. The molecule has 6 nitrogen and oxygen atoms in total. The second-order valence-electron chi connectivity index (χ2n) is 4.82. The van der Waals surface area contributed by atoms with Crippen molar-refractivity contribution in [2.45, 2.75) is 13.0 Å². The van der Waals surface area contributed by atoms with Crippen LogP contribution in [0.1, 0.15) is 18.5 Å². The molecule has 7 heteroatoms. The molecule has 0 fully saturated rings. The van der Waals surface area contributed by atoms with Crippen molar-refractivity contribution in [3.63, 3.8) is 0 Å². The first-order valence-corrected chi connectivity index (χ1v) is 6.95. The molecule has 0 aliphatic carbocycles. The van der Waals surface area contributed by atoms with Crippen LogP contribution in [0, 0.1) is 0 Å². The molecule has 2 rings (SSSR count). The van der Waals surface area contributed by atoms with Gasteiger partial charge in [0.05, 0.1) is 25.8 Å². The van der Waals surface area contributed by atoms with Gasteiger partial charge in [-0.05, 0) is 25.1 Å². The van der Waals surface area contributed by atoms with Crippen molar-refractivity contribution in [3.05, 3.63) is 40.1 Å². The standard InChI is InChI=1S/C15H17ClN2O4/c1-8-12(14(19)22-4)13(17-15(20)18(8)2)10-7-9(16)5-6-11(10)21-3/h5-7,13H,1-4H3,(H,17,20)/t13-/m0/s1. The molecule has 2 amide bonds. The zero-order chi connectivity index (χ0) is 16.4. The van der Waals surface area contributed by atoms with E-state index < -0.39 is 12.0 Å². The van der Waals surface area contributed by atoms with Crippen LogP contribution in [0.3, 0.4) is 0 Å². The molecule has 1 aliphatic rings. The summed E-state index contributed by atoms with van der Waals surface area (Å²) in [7, 11) is 4.39. The van der Waals surface area contributed by atoms with Crippen LogP contribution in [0.5, 0.6) is 5.75 Å². The summed E-state index contributed by atoms with van der Waals surface area (Å²) in [6.07, 6.45) is 0. The van der Waals surface area contributed by atoms with Crippen molar-refractivity contribution in [1.82, 2.24) is 10.2 Å². The molecule has 1 aliphatic heterocycles. The molecule has 1 atom stereocenters. The summed E-state index contributed by atoms with van der Waals surface area (Å²) < 4.78 is 10.2. The summed E-state index contributed by atoms with van der Waals surface area (Å²) >= 11 is 6.04. The number of halogens is 1. The van der Waals surface area contributed by atoms with Gasteiger partial charge in [0.1, 0.15) is 5.75 Å². The second kappa shape index (κ2) is 6.27. The molecular formula is C15H17ClN2O4. The predicted molar refractivity (Wildman–Crippen MR) is 81.8 cm³/mol. The number of benzene rings is 1. The summed E-state index contributed by atoms with van der Waals surface area (Å²) in [5, 5.41) is 3.25. The Bertz CT molecular complexity index is 657. The minimum atomic E-state index is -0.690. The van der Waals surface area contributed by atoms with E-state index in [1.807, 2.05) is 0 Å². The van der Waals surface area contributed by atoms with E-state index in [4.69, 9.17) is 21.1 Å². The van der Waals surface area contributed by atoms with E-state index in [0.717, 1.165) is 0 Å². The number of nitrogens with zero attached hydrogens (tertiary/aromatic N) is 1. The van der Waals surface area contributed by atoms with E-state index >= 15 is 0 Å². The Kier molecular flexibility index (Phi) is 4.61. The summed E-state index contributed by atoms with van der Waals surface area (Å²) in [6.45, 7) is 1.69. The molecule has 1 N–H and O–H groups in total. The lowest BCUT2D eigenvalue weighted by Crippen LogP contribution is -2.46. The van der Waals surface area contributed by atoms with Gasteiger partial charge in [0.2, 0.25) is 0 Å². The Morgan fingerprint density at radius 2 is 2.05 bits per heavy atom. The van der Waals surface area contributed by atoms with Crippen LogP contribution in [0.2, 0.25) is 5.02 Å².